The van der Waals surface area contributed by atoms with Crippen molar-refractivity contribution in [1.29, 1.82) is 0 Å². The first-order chi connectivity index (χ1) is 17.3. The summed E-state index contributed by atoms with van der Waals surface area (Å²) in [7, 11) is 3.13. The number of hydrogen-bond acceptors (Lipinski definition) is 7. The maximum atomic E-state index is 13.8. The first-order valence-electron chi connectivity index (χ1n) is 11.8. The predicted octanol–water partition coefficient (Wildman–Crippen LogP) is 3.94. The topological polar surface area (TPSA) is 79.1 Å². The number of para-hydroxylation sites is 1. The van der Waals surface area contributed by atoms with E-state index < -0.39 is 12.0 Å². The number of methoxy groups -OCH3 is 2. The van der Waals surface area contributed by atoms with Gasteiger partial charge in [-0.2, -0.15) is 0 Å². The van der Waals surface area contributed by atoms with E-state index in [1.165, 1.54) is 16.9 Å². The molecule has 0 amide bonds. The van der Waals surface area contributed by atoms with Crippen LogP contribution in [0.3, 0.4) is 0 Å². The van der Waals surface area contributed by atoms with E-state index in [2.05, 4.69) is 18.8 Å². The summed E-state index contributed by atoms with van der Waals surface area (Å²) in [6.45, 7) is 8.02. The minimum atomic E-state index is -0.643. The third kappa shape index (κ3) is 4.60. The van der Waals surface area contributed by atoms with Gasteiger partial charge in [-0.1, -0.05) is 61.6 Å². The van der Waals surface area contributed by atoms with Gasteiger partial charge in [-0.05, 0) is 43.0 Å². The zero-order valence-corrected chi connectivity index (χ0v) is 22.1. The Bertz CT molecular complexity index is 1500. The van der Waals surface area contributed by atoms with Crippen LogP contribution in [0.1, 0.15) is 56.3 Å². The molecule has 1 aliphatic rings. The molecule has 0 saturated heterocycles. The molecule has 1 aromatic heterocycles. The Morgan fingerprint density at radius 3 is 2.47 bits per heavy atom. The summed E-state index contributed by atoms with van der Waals surface area (Å²) < 4.78 is 18.4. The number of hydrogen-bond donors (Lipinski definition) is 0. The Morgan fingerprint density at radius 1 is 1.14 bits per heavy atom. The second-order valence-electron chi connectivity index (χ2n) is 8.71. The van der Waals surface area contributed by atoms with Crippen molar-refractivity contribution < 1.29 is 19.0 Å². The number of fused-ring (bicyclic) bond motifs is 1. The van der Waals surface area contributed by atoms with Crippen molar-refractivity contribution in [1.82, 2.24) is 4.57 Å². The number of rotatable bonds is 7. The second kappa shape index (κ2) is 10.5. The van der Waals surface area contributed by atoms with Crippen LogP contribution in [0.5, 0.6) is 11.5 Å². The van der Waals surface area contributed by atoms with Crippen LogP contribution in [0, 0.1) is 0 Å². The summed E-state index contributed by atoms with van der Waals surface area (Å²) >= 11 is 1.27. The highest BCUT2D eigenvalue weighted by atomic mass is 32.1. The van der Waals surface area contributed by atoms with E-state index in [9.17, 15) is 9.59 Å². The molecule has 0 unspecified atom stereocenters. The molecule has 4 rings (SSSR count). The molecule has 0 N–H and O–H groups in total. The van der Waals surface area contributed by atoms with Gasteiger partial charge in [0, 0.05) is 5.56 Å². The van der Waals surface area contributed by atoms with Crippen LogP contribution in [-0.4, -0.2) is 31.4 Å². The van der Waals surface area contributed by atoms with E-state index in [1.807, 2.05) is 36.4 Å². The van der Waals surface area contributed by atoms with Crippen molar-refractivity contribution in [3.63, 3.8) is 0 Å². The fraction of sp³-hybridized carbons (Fsp3) is 0.321. The van der Waals surface area contributed by atoms with E-state index in [4.69, 9.17) is 14.2 Å². The molecule has 2 aromatic carbocycles. The Hall–Kier alpha value is -3.65. The molecule has 8 heteroatoms. The highest BCUT2D eigenvalue weighted by molar-refractivity contribution is 7.07. The van der Waals surface area contributed by atoms with Gasteiger partial charge in [-0.3, -0.25) is 9.36 Å². The van der Waals surface area contributed by atoms with Crippen molar-refractivity contribution in [3.8, 4) is 11.5 Å². The monoisotopic (exact) mass is 506 g/mol. The van der Waals surface area contributed by atoms with Gasteiger partial charge in [0.05, 0.1) is 42.7 Å². The van der Waals surface area contributed by atoms with E-state index in [0.717, 1.165) is 5.56 Å². The minimum absolute atomic E-state index is 0.231. The summed E-state index contributed by atoms with van der Waals surface area (Å²) in [5.74, 6) is 0.999. The molecule has 36 heavy (non-hydrogen) atoms. The van der Waals surface area contributed by atoms with Gasteiger partial charge in [0.25, 0.3) is 5.56 Å². The highest BCUT2D eigenvalue weighted by Crippen LogP contribution is 2.33. The molecule has 1 atom stereocenters. The molecule has 0 bridgehead atoms. The van der Waals surface area contributed by atoms with Crippen LogP contribution in [0.25, 0.3) is 6.08 Å². The molecule has 0 spiro atoms. The maximum Gasteiger partial charge on any atom is 0.338 e. The average Bonchev–Trinajstić information content (AvgIpc) is 3.17. The quantitative estimate of drug-likeness (QED) is 0.454. The molecule has 3 aromatic rings. The Labute approximate surface area is 214 Å². The summed E-state index contributed by atoms with van der Waals surface area (Å²) in [4.78, 5) is 32.0. The molecule has 0 fully saturated rings. The Kier molecular flexibility index (Phi) is 7.45. The Balaban J connectivity index is 1.95. The van der Waals surface area contributed by atoms with Crippen LogP contribution in [-0.2, 0) is 9.53 Å². The fourth-order valence-electron chi connectivity index (χ4n) is 4.34. The van der Waals surface area contributed by atoms with Crippen LogP contribution < -0.4 is 24.4 Å². The molecule has 7 nitrogen and oxygen atoms in total. The van der Waals surface area contributed by atoms with Gasteiger partial charge in [0.15, 0.2) is 16.3 Å². The lowest BCUT2D eigenvalue weighted by Gasteiger charge is -2.25. The molecule has 1 aliphatic heterocycles. The van der Waals surface area contributed by atoms with Crippen molar-refractivity contribution in [2.24, 2.45) is 4.99 Å². The zero-order valence-electron chi connectivity index (χ0n) is 21.3. The molecule has 2 heterocycles. The lowest BCUT2D eigenvalue weighted by Crippen LogP contribution is -2.39. The lowest BCUT2D eigenvalue weighted by atomic mass is 9.93. The number of thiazole rings is 1. The number of benzene rings is 2. The van der Waals surface area contributed by atoms with Crippen molar-refractivity contribution in [3.05, 3.63) is 90.1 Å². The van der Waals surface area contributed by atoms with Crippen molar-refractivity contribution >= 4 is 23.4 Å². The SMILES string of the molecule is CCOC(=O)C1=C(C)N=c2s/c(=C\c3cccc(OC)c3OC)c(=O)n2[C@@H]1c1ccc(C(C)C)cc1. The van der Waals surface area contributed by atoms with Crippen LogP contribution in [0.15, 0.2) is 63.5 Å². The van der Waals surface area contributed by atoms with Crippen molar-refractivity contribution in [2.45, 2.75) is 39.7 Å². The first kappa shape index (κ1) is 25.4. The van der Waals surface area contributed by atoms with Gasteiger partial charge in [0.1, 0.15) is 0 Å². The summed E-state index contributed by atoms with van der Waals surface area (Å²) in [6, 6.07) is 12.9. The molecule has 0 aliphatic carbocycles. The maximum absolute atomic E-state index is 13.8. The minimum Gasteiger partial charge on any atom is -0.493 e. The van der Waals surface area contributed by atoms with Gasteiger partial charge >= 0.3 is 5.97 Å². The predicted molar refractivity (Wildman–Crippen MR) is 140 cm³/mol. The normalized spacial score (nSPS) is 15.5. The second-order valence-corrected chi connectivity index (χ2v) is 9.72. The Morgan fingerprint density at radius 2 is 1.86 bits per heavy atom. The largest absolute Gasteiger partial charge is 0.493 e. The third-order valence-electron chi connectivity index (χ3n) is 6.16. The van der Waals surface area contributed by atoms with E-state index in [0.29, 0.717) is 43.6 Å². The third-order valence-corrected chi connectivity index (χ3v) is 7.14. The van der Waals surface area contributed by atoms with Crippen LogP contribution in [0.4, 0.5) is 0 Å². The summed E-state index contributed by atoms with van der Waals surface area (Å²) in [5, 5.41) is 0. The van der Waals surface area contributed by atoms with E-state index in [1.54, 1.807) is 44.8 Å². The van der Waals surface area contributed by atoms with Crippen molar-refractivity contribution in [2.75, 3.05) is 20.8 Å². The number of carbonyl (C=O) groups is 1. The molecule has 0 saturated carbocycles. The van der Waals surface area contributed by atoms with Gasteiger partial charge in [-0.25, -0.2) is 9.79 Å². The smallest absolute Gasteiger partial charge is 0.338 e. The van der Waals surface area contributed by atoms with Gasteiger partial charge < -0.3 is 14.2 Å². The fourth-order valence-corrected chi connectivity index (χ4v) is 5.37. The zero-order chi connectivity index (χ0) is 26.0. The number of nitrogens with zero attached hydrogens (tertiary/aromatic N) is 2. The van der Waals surface area contributed by atoms with Gasteiger partial charge in [0.2, 0.25) is 0 Å². The standard InChI is InChI=1S/C28H30N2O5S/c1-7-35-27(32)23-17(4)29-28-30(24(23)19-13-11-18(12-14-19)16(2)3)26(31)22(36-28)15-20-9-8-10-21(33-5)25(20)34-6/h8-16,24H,7H2,1-6H3/b22-15-/t24-/m1/s1. The number of esters is 1. The van der Waals surface area contributed by atoms with E-state index >= 15 is 0 Å². The average molecular weight is 507 g/mol. The number of carbonyl (C=O) groups excluding carboxylic acids is 1. The number of aromatic nitrogens is 1. The lowest BCUT2D eigenvalue weighted by molar-refractivity contribution is -0.139. The number of ether oxygens (including phenoxy) is 3. The van der Waals surface area contributed by atoms with Crippen LogP contribution >= 0.6 is 11.3 Å². The van der Waals surface area contributed by atoms with Crippen LogP contribution in [0.2, 0.25) is 0 Å². The summed E-state index contributed by atoms with van der Waals surface area (Å²) in [6.07, 6.45) is 1.77. The highest BCUT2D eigenvalue weighted by Gasteiger charge is 2.33. The molecular formula is C28H30N2O5S. The number of allylic oxidation sites excluding steroid dienone is 1. The van der Waals surface area contributed by atoms with Gasteiger partial charge in [-0.15, -0.1) is 0 Å². The molecule has 0 radical (unpaired) electrons. The molecular weight excluding hydrogens is 476 g/mol. The van der Waals surface area contributed by atoms with E-state index in [-0.39, 0.29) is 12.2 Å². The first-order valence-corrected chi connectivity index (χ1v) is 12.6. The molecule has 188 valence electrons. The summed E-state index contributed by atoms with van der Waals surface area (Å²) in [5.41, 5.74) is 3.38.